The number of ketones is 1. The van der Waals surface area contributed by atoms with E-state index in [-0.39, 0.29) is 5.78 Å². The predicted molar refractivity (Wildman–Crippen MR) is 54.7 cm³/mol. The molecule has 4 heteroatoms. The molecule has 0 aliphatic rings. The van der Waals surface area contributed by atoms with Gasteiger partial charge in [-0.2, -0.15) is 5.10 Å². The third-order valence-electron chi connectivity index (χ3n) is 2.24. The Bertz CT molecular complexity index is 482. The van der Waals surface area contributed by atoms with Crippen molar-refractivity contribution in [3.05, 3.63) is 41.6 Å². The van der Waals surface area contributed by atoms with E-state index in [1.807, 2.05) is 20.2 Å². The zero-order chi connectivity index (χ0) is 10.8. The summed E-state index contributed by atoms with van der Waals surface area (Å²) >= 11 is 0. The molecule has 2 rings (SSSR count). The van der Waals surface area contributed by atoms with E-state index in [0.717, 1.165) is 11.1 Å². The van der Waals surface area contributed by atoms with Gasteiger partial charge in [0.15, 0.2) is 5.76 Å². The first-order chi connectivity index (χ1) is 7.16. The molecule has 0 bridgehead atoms. The Balaban J connectivity index is 2.14. The van der Waals surface area contributed by atoms with Crippen molar-refractivity contribution in [3.63, 3.8) is 0 Å². The lowest BCUT2D eigenvalue weighted by Crippen LogP contribution is -2.02. The summed E-state index contributed by atoms with van der Waals surface area (Å²) in [6, 6.07) is 1.79. The molecule has 0 saturated carbocycles. The first kappa shape index (κ1) is 9.71. The normalized spacial score (nSPS) is 10.5. The molecule has 2 aromatic rings. The Labute approximate surface area is 87.5 Å². The molecule has 0 saturated heterocycles. The number of furan rings is 1. The summed E-state index contributed by atoms with van der Waals surface area (Å²) in [6.45, 7) is 1.86. The lowest BCUT2D eigenvalue weighted by Gasteiger charge is -1.95. The zero-order valence-electron chi connectivity index (χ0n) is 8.73. The van der Waals surface area contributed by atoms with Crippen molar-refractivity contribution >= 4 is 5.78 Å². The zero-order valence-corrected chi connectivity index (χ0v) is 8.73. The predicted octanol–water partition coefficient (Wildman–Crippen LogP) is 1.75. The number of carbonyl (C=O) groups is 1. The third kappa shape index (κ3) is 1.98. The van der Waals surface area contributed by atoms with Crippen LogP contribution in [0.4, 0.5) is 0 Å². The van der Waals surface area contributed by atoms with E-state index in [4.69, 9.17) is 4.42 Å². The van der Waals surface area contributed by atoms with Crippen molar-refractivity contribution in [2.45, 2.75) is 13.3 Å². The van der Waals surface area contributed by atoms with Crippen LogP contribution in [-0.4, -0.2) is 15.6 Å². The Hall–Kier alpha value is -1.84. The number of hydrogen-bond donors (Lipinski definition) is 0. The molecule has 0 spiro atoms. The summed E-state index contributed by atoms with van der Waals surface area (Å²) in [7, 11) is 1.83. The maximum atomic E-state index is 11.8. The molecule has 4 nitrogen and oxygen atoms in total. The quantitative estimate of drug-likeness (QED) is 0.715. The van der Waals surface area contributed by atoms with Crippen molar-refractivity contribution in [1.82, 2.24) is 9.78 Å². The van der Waals surface area contributed by atoms with Gasteiger partial charge in [-0.3, -0.25) is 9.48 Å². The maximum Gasteiger partial charge on any atom is 0.202 e. The second kappa shape index (κ2) is 3.73. The average molecular weight is 204 g/mol. The second-order valence-corrected chi connectivity index (χ2v) is 3.55. The molecule has 0 radical (unpaired) electrons. The highest BCUT2D eigenvalue weighted by molar-refractivity contribution is 5.96. The Morgan fingerprint density at radius 1 is 1.60 bits per heavy atom. The van der Waals surface area contributed by atoms with E-state index in [1.54, 1.807) is 16.9 Å². The lowest BCUT2D eigenvalue weighted by atomic mass is 10.1. The van der Waals surface area contributed by atoms with Crippen LogP contribution >= 0.6 is 0 Å². The molecule has 78 valence electrons. The van der Waals surface area contributed by atoms with Crippen LogP contribution < -0.4 is 0 Å². The molecule has 2 heterocycles. The van der Waals surface area contributed by atoms with Crippen LogP contribution in [0, 0.1) is 6.92 Å². The lowest BCUT2D eigenvalue weighted by molar-refractivity contribution is 0.0965. The average Bonchev–Trinajstić information content (AvgIpc) is 2.75. The number of nitrogens with zero attached hydrogens (tertiary/aromatic N) is 2. The minimum atomic E-state index is -0.00880. The number of Topliss-reactive ketones (excluding diaryl/α,β-unsaturated/α-hetero) is 1. The molecule has 0 amide bonds. The van der Waals surface area contributed by atoms with E-state index in [1.165, 1.54) is 6.26 Å². The topological polar surface area (TPSA) is 48.0 Å². The van der Waals surface area contributed by atoms with Crippen molar-refractivity contribution in [3.8, 4) is 0 Å². The van der Waals surface area contributed by atoms with Gasteiger partial charge in [0.2, 0.25) is 5.78 Å². The fourth-order valence-electron chi connectivity index (χ4n) is 1.49. The Kier molecular flexibility index (Phi) is 2.41. The van der Waals surface area contributed by atoms with E-state index >= 15 is 0 Å². The van der Waals surface area contributed by atoms with Gasteiger partial charge in [0, 0.05) is 19.7 Å². The molecule has 0 fully saturated rings. The summed E-state index contributed by atoms with van der Waals surface area (Å²) in [5.74, 6) is 0.435. The van der Waals surface area contributed by atoms with Gasteiger partial charge in [-0.05, 0) is 24.1 Å². The van der Waals surface area contributed by atoms with E-state index in [2.05, 4.69) is 5.10 Å². The minimum absolute atomic E-state index is 0.00880. The molecule has 0 atom stereocenters. The summed E-state index contributed by atoms with van der Waals surface area (Å²) < 4.78 is 6.81. The summed E-state index contributed by atoms with van der Waals surface area (Å²) in [5, 5.41) is 4.01. The molecule has 15 heavy (non-hydrogen) atoms. The molecule has 0 unspecified atom stereocenters. The van der Waals surface area contributed by atoms with Gasteiger partial charge in [0.25, 0.3) is 0 Å². The first-order valence-electron chi connectivity index (χ1n) is 4.71. The highest BCUT2D eigenvalue weighted by Crippen LogP contribution is 2.12. The second-order valence-electron chi connectivity index (χ2n) is 3.55. The third-order valence-corrected chi connectivity index (χ3v) is 2.24. The van der Waals surface area contributed by atoms with Crippen molar-refractivity contribution < 1.29 is 9.21 Å². The molecule has 0 N–H and O–H groups in total. The molecular weight excluding hydrogens is 192 g/mol. The number of hydrogen-bond acceptors (Lipinski definition) is 3. The van der Waals surface area contributed by atoms with E-state index in [0.29, 0.717) is 12.2 Å². The fraction of sp³-hybridized carbons (Fsp3) is 0.273. The SMILES string of the molecule is Cc1ccoc1C(=O)Cc1cnn(C)c1. The first-order valence-corrected chi connectivity index (χ1v) is 4.71. The van der Waals surface area contributed by atoms with Crippen molar-refractivity contribution in [1.29, 1.82) is 0 Å². The van der Waals surface area contributed by atoms with Gasteiger partial charge in [0.05, 0.1) is 12.5 Å². The highest BCUT2D eigenvalue weighted by Gasteiger charge is 2.13. The van der Waals surface area contributed by atoms with Gasteiger partial charge < -0.3 is 4.42 Å². The summed E-state index contributed by atoms with van der Waals surface area (Å²) in [6.07, 6.45) is 5.39. The minimum Gasteiger partial charge on any atom is -0.461 e. The molecule has 0 aliphatic carbocycles. The van der Waals surface area contributed by atoms with Gasteiger partial charge in [-0.25, -0.2) is 0 Å². The van der Waals surface area contributed by atoms with Gasteiger partial charge >= 0.3 is 0 Å². The van der Waals surface area contributed by atoms with Crippen LogP contribution in [0.2, 0.25) is 0 Å². The van der Waals surface area contributed by atoms with Gasteiger partial charge in [0.1, 0.15) is 0 Å². The number of carbonyl (C=O) groups excluding carboxylic acids is 1. The Morgan fingerprint density at radius 3 is 2.93 bits per heavy atom. The van der Waals surface area contributed by atoms with E-state index in [9.17, 15) is 4.79 Å². The molecule has 2 aromatic heterocycles. The van der Waals surface area contributed by atoms with E-state index < -0.39 is 0 Å². The molecule has 0 aliphatic heterocycles. The van der Waals surface area contributed by atoms with Crippen LogP contribution in [0.15, 0.2) is 29.1 Å². The monoisotopic (exact) mass is 204 g/mol. The standard InChI is InChI=1S/C11H12N2O2/c1-8-3-4-15-11(8)10(14)5-9-6-12-13(2)7-9/h3-4,6-7H,5H2,1-2H3. The van der Waals surface area contributed by atoms with Crippen LogP contribution in [0.1, 0.15) is 21.7 Å². The van der Waals surface area contributed by atoms with Crippen molar-refractivity contribution in [2.24, 2.45) is 7.05 Å². The Morgan fingerprint density at radius 2 is 2.40 bits per heavy atom. The van der Waals surface area contributed by atoms with Gasteiger partial charge in [-0.1, -0.05) is 0 Å². The van der Waals surface area contributed by atoms with Crippen LogP contribution in [0.25, 0.3) is 0 Å². The smallest absolute Gasteiger partial charge is 0.202 e. The number of aryl methyl sites for hydroxylation is 2. The van der Waals surface area contributed by atoms with Crippen molar-refractivity contribution in [2.75, 3.05) is 0 Å². The molecule has 0 aromatic carbocycles. The van der Waals surface area contributed by atoms with Crippen LogP contribution in [0.3, 0.4) is 0 Å². The van der Waals surface area contributed by atoms with Crippen LogP contribution in [0.5, 0.6) is 0 Å². The summed E-state index contributed by atoms with van der Waals surface area (Å²) in [4.78, 5) is 11.8. The summed E-state index contributed by atoms with van der Waals surface area (Å²) in [5.41, 5.74) is 1.78. The fourth-order valence-corrected chi connectivity index (χ4v) is 1.49. The van der Waals surface area contributed by atoms with Gasteiger partial charge in [-0.15, -0.1) is 0 Å². The maximum absolute atomic E-state index is 11.8. The number of rotatable bonds is 3. The number of aromatic nitrogens is 2. The molecular formula is C11H12N2O2. The largest absolute Gasteiger partial charge is 0.461 e. The van der Waals surface area contributed by atoms with Crippen LogP contribution in [-0.2, 0) is 13.5 Å². The highest BCUT2D eigenvalue weighted by atomic mass is 16.3.